The number of nitrogens with two attached hydrogens (primary N) is 3. The number of anilines is 1. The average Bonchev–Trinajstić information content (AvgIpc) is 3.14. The Hall–Kier alpha value is -3.21. The van der Waals surface area contributed by atoms with Gasteiger partial charge >= 0.3 is 0 Å². The van der Waals surface area contributed by atoms with Gasteiger partial charge in [-0.25, -0.2) is 0 Å². The van der Waals surface area contributed by atoms with Crippen LogP contribution in [0, 0.1) is 10.1 Å². The Morgan fingerprint density at radius 1 is 1.32 bits per heavy atom. The summed E-state index contributed by atoms with van der Waals surface area (Å²) >= 11 is 0. The molecule has 0 radical (unpaired) electrons. The maximum Gasteiger partial charge on any atom is 0.269 e. The second-order valence-corrected chi connectivity index (χ2v) is 6.54. The Kier molecular flexibility index (Phi) is 7.27. The van der Waals surface area contributed by atoms with E-state index in [1.54, 1.807) is 0 Å². The normalized spacial score (nSPS) is 17.0. The molecule has 0 saturated carbocycles. The molecule has 1 heterocycles. The van der Waals surface area contributed by atoms with Crippen molar-refractivity contribution in [3.63, 3.8) is 0 Å². The van der Waals surface area contributed by atoms with E-state index in [4.69, 9.17) is 17.2 Å². The van der Waals surface area contributed by atoms with Gasteiger partial charge in [-0.05, 0) is 37.8 Å². The molecule has 0 aliphatic carbocycles. The maximum atomic E-state index is 12.6. The highest BCUT2D eigenvalue weighted by Gasteiger charge is 2.36. The zero-order chi connectivity index (χ0) is 20.7. The molecular formula is C17H25N7O4. The number of nitro groups is 1. The molecule has 0 unspecified atom stereocenters. The lowest BCUT2D eigenvalue weighted by atomic mass is 10.1. The summed E-state index contributed by atoms with van der Waals surface area (Å²) in [6.45, 7) is 0.839. The Morgan fingerprint density at radius 3 is 2.61 bits per heavy atom. The number of non-ortho nitro benzene ring substituents is 1. The van der Waals surface area contributed by atoms with E-state index in [1.807, 2.05) is 0 Å². The van der Waals surface area contributed by atoms with Gasteiger partial charge in [0.05, 0.1) is 11.0 Å². The van der Waals surface area contributed by atoms with E-state index in [-0.39, 0.29) is 23.5 Å². The zero-order valence-corrected chi connectivity index (χ0v) is 15.4. The van der Waals surface area contributed by atoms with Gasteiger partial charge < -0.3 is 27.4 Å². The molecule has 0 aromatic heterocycles. The number of guanidine groups is 1. The molecular weight excluding hydrogens is 366 g/mol. The number of rotatable bonds is 8. The minimum absolute atomic E-state index is 0.0116. The topological polar surface area (TPSA) is 183 Å². The molecule has 1 aliphatic heterocycles. The molecule has 2 atom stereocenters. The second-order valence-electron chi connectivity index (χ2n) is 6.54. The summed E-state index contributed by atoms with van der Waals surface area (Å²) in [6, 6.07) is 4.16. The van der Waals surface area contributed by atoms with Crippen molar-refractivity contribution in [3.8, 4) is 0 Å². The number of hydrogen-bond donors (Lipinski definition) is 4. The fourth-order valence-corrected chi connectivity index (χ4v) is 3.05. The summed E-state index contributed by atoms with van der Waals surface area (Å²) in [7, 11) is 0. The van der Waals surface area contributed by atoms with Crippen molar-refractivity contribution >= 4 is 29.1 Å². The first-order valence-corrected chi connectivity index (χ1v) is 8.96. The highest BCUT2D eigenvalue weighted by atomic mass is 16.6. The molecule has 0 bridgehead atoms. The van der Waals surface area contributed by atoms with Crippen LogP contribution in [0.4, 0.5) is 11.4 Å². The standard InChI is InChI=1S/C17H25N7O4/c18-13(3-1-9-21-17(19)20)16(26)23-10-2-4-14(23)15(25)22-11-5-7-12(8-6-11)24(27)28/h5-8,13-14H,1-4,9-10,18H2,(H,22,25)(H4,19,20,21)/t13-,14+/m0/s1. The molecule has 11 heteroatoms. The van der Waals surface area contributed by atoms with Crippen LogP contribution in [0.2, 0.25) is 0 Å². The van der Waals surface area contributed by atoms with Crippen LogP contribution in [-0.2, 0) is 9.59 Å². The maximum absolute atomic E-state index is 12.6. The minimum Gasteiger partial charge on any atom is -0.370 e. The first-order valence-electron chi connectivity index (χ1n) is 8.96. The number of nitrogens with zero attached hydrogens (tertiary/aromatic N) is 3. The fourth-order valence-electron chi connectivity index (χ4n) is 3.05. The van der Waals surface area contributed by atoms with Crippen LogP contribution in [0.15, 0.2) is 29.3 Å². The van der Waals surface area contributed by atoms with Gasteiger partial charge in [-0.1, -0.05) is 0 Å². The van der Waals surface area contributed by atoms with E-state index >= 15 is 0 Å². The van der Waals surface area contributed by atoms with Crippen molar-refractivity contribution in [1.82, 2.24) is 4.90 Å². The number of benzene rings is 1. The fraction of sp³-hybridized carbons (Fsp3) is 0.471. The van der Waals surface area contributed by atoms with E-state index in [0.29, 0.717) is 44.5 Å². The van der Waals surface area contributed by atoms with Gasteiger partial charge in [0.15, 0.2) is 5.96 Å². The smallest absolute Gasteiger partial charge is 0.269 e. The van der Waals surface area contributed by atoms with Crippen LogP contribution in [0.25, 0.3) is 0 Å². The molecule has 1 fully saturated rings. The highest BCUT2D eigenvalue weighted by Crippen LogP contribution is 2.22. The van der Waals surface area contributed by atoms with Crippen molar-refractivity contribution in [2.75, 3.05) is 18.4 Å². The minimum atomic E-state index is -0.734. The quantitative estimate of drug-likeness (QED) is 0.157. The van der Waals surface area contributed by atoms with Gasteiger partial charge in [0, 0.05) is 30.9 Å². The zero-order valence-electron chi connectivity index (χ0n) is 15.4. The van der Waals surface area contributed by atoms with Crippen LogP contribution in [0.5, 0.6) is 0 Å². The van der Waals surface area contributed by atoms with Crippen molar-refractivity contribution in [2.45, 2.75) is 37.8 Å². The first kappa shape index (κ1) is 21.1. The number of aliphatic imine (C=N–C) groups is 1. The van der Waals surface area contributed by atoms with Crippen molar-refractivity contribution in [3.05, 3.63) is 34.4 Å². The molecule has 11 nitrogen and oxygen atoms in total. The van der Waals surface area contributed by atoms with Crippen molar-refractivity contribution in [1.29, 1.82) is 0 Å². The number of hydrogen-bond acceptors (Lipinski definition) is 6. The summed E-state index contributed by atoms with van der Waals surface area (Å²) in [6.07, 6.45) is 2.19. The van der Waals surface area contributed by atoms with Gasteiger partial charge in [0.25, 0.3) is 5.69 Å². The summed E-state index contributed by atoms with van der Waals surface area (Å²) in [5, 5.41) is 13.4. The third-order valence-electron chi connectivity index (χ3n) is 4.47. The SMILES string of the molecule is NC(N)=NCCC[C@H](N)C(=O)N1CCC[C@@H]1C(=O)Nc1ccc([N+](=O)[O-])cc1. The molecule has 7 N–H and O–H groups in total. The predicted molar refractivity (Wildman–Crippen MR) is 104 cm³/mol. The summed E-state index contributed by atoms with van der Waals surface area (Å²) in [4.78, 5) is 40.7. The molecule has 1 aromatic rings. The Labute approximate surface area is 162 Å². The average molecular weight is 391 g/mol. The van der Waals surface area contributed by atoms with Gasteiger partial charge in [-0.15, -0.1) is 0 Å². The van der Waals surface area contributed by atoms with E-state index in [2.05, 4.69) is 10.3 Å². The Balaban J connectivity index is 1.93. The first-order chi connectivity index (χ1) is 13.3. The second kappa shape index (κ2) is 9.65. The van der Waals surface area contributed by atoms with E-state index < -0.39 is 17.0 Å². The van der Waals surface area contributed by atoms with Crippen LogP contribution < -0.4 is 22.5 Å². The highest BCUT2D eigenvalue weighted by molar-refractivity contribution is 5.98. The summed E-state index contributed by atoms with van der Waals surface area (Å²) in [5.41, 5.74) is 16.8. The molecule has 1 aromatic carbocycles. The van der Waals surface area contributed by atoms with Gasteiger partial charge in [-0.2, -0.15) is 0 Å². The van der Waals surface area contributed by atoms with Crippen molar-refractivity contribution in [2.24, 2.45) is 22.2 Å². The number of amides is 2. The third-order valence-corrected chi connectivity index (χ3v) is 4.47. The van der Waals surface area contributed by atoms with Gasteiger partial charge in [-0.3, -0.25) is 24.7 Å². The molecule has 1 aliphatic rings. The van der Waals surface area contributed by atoms with E-state index in [0.717, 1.165) is 0 Å². The molecule has 1 saturated heterocycles. The number of likely N-dealkylation sites (tertiary alicyclic amines) is 1. The van der Waals surface area contributed by atoms with E-state index in [9.17, 15) is 19.7 Å². The summed E-state index contributed by atoms with van der Waals surface area (Å²) < 4.78 is 0. The monoisotopic (exact) mass is 391 g/mol. The lowest BCUT2D eigenvalue weighted by molar-refractivity contribution is -0.384. The summed E-state index contributed by atoms with van der Waals surface area (Å²) in [5.74, 6) is -0.638. The number of carbonyl (C=O) groups excluding carboxylic acids is 2. The van der Waals surface area contributed by atoms with Crippen LogP contribution in [0.1, 0.15) is 25.7 Å². The van der Waals surface area contributed by atoms with Crippen LogP contribution in [0.3, 0.4) is 0 Å². The van der Waals surface area contributed by atoms with Crippen LogP contribution >= 0.6 is 0 Å². The number of carbonyl (C=O) groups is 2. The van der Waals surface area contributed by atoms with Gasteiger partial charge in [0.1, 0.15) is 6.04 Å². The molecule has 2 amide bonds. The molecule has 28 heavy (non-hydrogen) atoms. The third kappa shape index (κ3) is 5.64. The number of nitrogens with one attached hydrogen (secondary N) is 1. The van der Waals surface area contributed by atoms with Gasteiger partial charge in [0.2, 0.25) is 11.8 Å². The lowest BCUT2D eigenvalue weighted by Crippen LogP contribution is -2.49. The molecule has 152 valence electrons. The van der Waals surface area contributed by atoms with E-state index in [1.165, 1.54) is 29.2 Å². The molecule has 2 rings (SSSR count). The number of nitro benzene ring substituents is 1. The predicted octanol–water partition coefficient (Wildman–Crippen LogP) is -0.0948. The van der Waals surface area contributed by atoms with Crippen LogP contribution in [-0.4, -0.2) is 52.8 Å². The van der Waals surface area contributed by atoms with Crippen molar-refractivity contribution < 1.29 is 14.5 Å². The molecule has 0 spiro atoms. The Bertz CT molecular complexity index is 746. The largest absolute Gasteiger partial charge is 0.370 e. The Morgan fingerprint density at radius 2 is 2.00 bits per heavy atom. The lowest BCUT2D eigenvalue weighted by Gasteiger charge is -2.26.